The molecule has 0 aliphatic carbocycles. The number of fused-ring (bicyclic) bond motifs is 1. The number of amides is 2. The Hall–Kier alpha value is -2.44. The normalized spacial score (nSPS) is 18.8. The molecule has 1 aliphatic heterocycles. The summed E-state index contributed by atoms with van der Waals surface area (Å²) < 4.78 is 1.82. The van der Waals surface area contributed by atoms with Gasteiger partial charge in [-0.15, -0.1) is 0 Å². The van der Waals surface area contributed by atoms with Crippen molar-refractivity contribution in [3.63, 3.8) is 0 Å². The minimum absolute atomic E-state index is 0.0329. The standard InChI is InChI=1S/C17H23N5O2/c1-10(2)22-15-14(9-18-22)13(8-11(3)19-15)17(24)21-7-6-20(5)16(23)12(21)4/h8-10,12H,6-7H2,1-5H3. The van der Waals surface area contributed by atoms with Crippen LogP contribution in [0.4, 0.5) is 0 Å². The molecule has 2 amide bonds. The lowest BCUT2D eigenvalue weighted by molar-refractivity contribution is -0.137. The van der Waals surface area contributed by atoms with Gasteiger partial charge in [-0.3, -0.25) is 9.59 Å². The highest BCUT2D eigenvalue weighted by Gasteiger charge is 2.34. The van der Waals surface area contributed by atoms with Gasteiger partial charge in [0.15, 0.2) is 5.65 Å². The molecular weight excluding hydrogens is 306 g/mol. The highest BCUT2D eigenvalue weighted by atomic mass is 16.2. The quantitative estimate of drug-likeness (QED) is 0.839. The van der Waals surface area contributed by atoms with Crippen molar-refractivity contribution in [2.75, 3.05) is 20.1 Å². The first-order valence-electron chi connectivity index (χ1n) is 8.22. The van der Waals surface area contributed by atoms with E-state index >= 15 is 0 Å². The number of carbonyl (C=O) groups excluding carboxylic acids is 2. The summed E-state index contributed by atoms with van der Waals surface area (Å²) >= 11 is 0. The summed E-state index contributed by atoms with van der Waals surface area (Å²) in [6, 6.07) is 1.48. The van der Waals surface area contributed by atoms with Crippen molar-refractivity contribution >= 4 is 22.8 Å². The third kappa shape index (κ3) is 2.53. The first-order chi connectivity index (χ1) is 11.3. The summed E-state index contributed by atoms with van der Waals surface area (Å²) in [5.74, 6) is -0.169. The Balaban J connectivity index is 2.06. The maximum atomic E-state index is 13.1. The number of nitrogens with zero attached hydrogens (tertiary/aromatic N) is 5. The number of likely N-dealkylation sites (N-methyl/N-ethyl adjacent to an activating group) is 1. The average Bonchev–Trinajstić information content (AvgIpc) is 2.95. The van der Waals surface area contributed by atoms with Crippen LogP contribution in [0.2, 0.25) is 0 Å². The molecule has 0 bridgehead atoms. The smallest absolute Gasteiger partial charge is 0.255 e. The maximum Gasteiger partial charge on any atom is 0.255 e. The summed E-state index contributed by atoms with van der Waals surface area (Å²) in [6.07, 6.45) is 1.69. The molecule has 3 heterocycles. The van der Waals surface area contributed by atoms with Crippen molar-refractivity contribution in [3.05, 3.63) is 23.5 Å². The molecule has 24 heavy (non-hydrogen) atoms. The molecule has 1 aliphatic rings. The number of carbonyl (C=O) groups is 2. The molecule has 1 saturated heterocycles. The van der Waals surface area contributed by atoms with E-state index in [9.17, 15) is 9.59 Å². The molecule has 3 rings (SSSR count). The lowest BCUT2D eigenvalue weighted by atomic mass is 10.1. The van der Waals surface area contributed by atoms with E-state index in [0.717, 1.165) is 11.1 Å². The van der Waals surface area contributed by atoms with E-state index in [1.165, 1.54) is 0 Å². The van der Waals surface area contributed by atoms with Crippen molar-refractivity contribution in [2.45, 2.75) is 39.8 Å². The van der Waals surface area contributed by atoms with Crippen LogP contribution in [0.25, 0.3) is 11.0 Å². The van der Waals surface area contributed by atoms with Crippen LogP contribution in [-0.4, -0.2) is 62.6 Å². The minimum Gasteiger partial charge on any atom is -0.342 e. The molecule has 0 radical (unpaired) electrons. The fraction of sp³-hybridized carbons (Fsp3) is 0.529. The average molecular weight is 329 g/mol. The molecule has 2 aromatic heterocycles. The van der Waals surface area contributed by atoms with Crippen LogP contribution in [0, 0.1) is 6.92 Å². The van der Waals surface area contributed by atoms with Gasteiger partial charge in [0.25, 0.3) is 5.91 Å². The monoisotopic (exact) mass is 329 g/mol. The first kappa shape index (κ1) is 16.4. The van der Waals surface area contributed by atoms with Gasteiger partial charge in [-0.1, -0.05) is 0 Å². The van der Waals surface area contributed by atoms with E-state index in [1.807, 2.05) is 25.5 Å². The molecule has 2 aromatic rings. The van der Waals surface area contributed by atoms with E-state index in [0.29, 0.717) is 24.3 Å². The SMILES string of the molecule is Cc1cc(C(=O)N2CCN(C)C(=O)C2C)c2cnn(C(C)C)c2n1. The Morgan fingerprint density at radius 3 is 2.71 bits per heavy atom. The van der Waals surface area contributed by atoms with E-state index in [4.69, 9.17) is 0 Å². The molecule has 1 atom stereocenters. The fourth-order valence-electron chi connectivity index (χ4n) is 3.14. The van der Waals surface area contributed by atoms with Gasteiger partial charge in [-0.05, 0) is 33.8 Å². The van der Waals surface area contributed by atoms with Gasteiger partial charge < -0.3 is 9.80 Å². The second-order valence-electron chi connectivity index (χ2n) is 6.67. The zero-order valence-corrected chi connectivity index (χ0v) is 14.8. The number of rotatable bonds is 2. The Morgan fingerprint density at radius 2 is 2.04 bits per heavy atom. The van der Waals surface area contributed by atoms with E-state index in [1.54, 1.807) is 36.0 Å². The summed E-state index contributed by atoms with van der Waals surface area (Å²) in [5, 5.41) is 5.11. The number of pyridine rings is 1. The Morgan fingerprint density at radius 1 is 1.33 bits per heavy atom. The lowest BCUT2D eigenvalue weighted by Gasteiger charge is -2.37. The van der Waals surface area contributed by atoms with Crippen LogP contribution in [0.15, 0.2) is 12.3 Å². The number of hydrogen-bond acceptors (Lipinski definition) is 4. The predicted molar refractivity (Wildman–Crippen MR) is 90.8 cm³/mol. The number of aryl methyl sites for hydroxylation is 1. The number of piperazine rings is 1. The lowest BCUT2D eigenvalue weighted by Crippen LogP contribution is -2.56. The Kier molecular flexibility index (Phi) is 4.03. The highest BCUT2D eigenvalue weighted by molar-refractivity contribution is 6.07. The predicted octanol–water partition coefficient (Wildman–Crippen LogP) is 1.62. The van der Waals surface area contributed by atoms with E-state index in [2.05, 4.69) is 10.1 Å². The van der Waals surface area contributed by atoms with Crippen molar-refractivity contribution in [1.29, 1.82) is 0 Å². The summed E-state index contributed by atoms with van der Waals surface area (Å²) in [4.78, 5) is 33.1. The molecule has 1 fully saturated rings. The Labute approximate surface area is 141 Å². The van der Waals surface area contributed by atoms with Crippen LogP contribution in [-0.2, 0) is 4.79 Å². The van der Waals surface area contributed by atoms with E-state index in [-0.39, 0.29) is 17.9 Å². The largest absolute Gasteiger partial charge is 0.342 e. The highest BCUT2D eigenvalue weighted by Crippen LogP contribution is 2.24. The molecule has 128 valence electrons. The first-order valence-corrected chi connectivity index (χ1v) is 8.22. The molecule has 7 nitrogen and oxygen atoms in total. The van der Waals surface area contributed by atoms with E-state index < -0.39 is 6.04 Å². The molecule has 0 spiro atoms. The van der Waals surface area contributed by atoms with Gasteiger partial charge in [0.2, 0.25) is 5.91 Å². The minimum atomic E-state index is -0.458. The van der Waals surface area contributed by atoms with Gasteiger partial charge in [0, 0.05) is 31.9 Å². The fourth-order valence-corrected chi connectivity index (χ4v) is 3.14. The van der Waals surface area contributed by atoms with Crippen molar-refractivity contribution < 1.29 is 9.59 Å². The van der Waals surface area contributed by atoms with Crippen molar-refractivity contribution in [2.24, 2.45) is 0 Å². The molecular formula is C17H23N5O2. The second-order valence-corrected chi connectivity index (χ2v) is 6.67. The van der Waals surface area contributed by atoms with Gasteiger partial charge in [0.05, 0.1) is 17.1 Å². The second kappa shape index (κ2) is 5.89. The van der Waals surface area contributed by atoms with Gasteiger partial charge >= 0.3 is 0 Å². The third-order valence-corrected chi connectivity index (χ3v) is 4.55. The molecule has 7 heteroatoms. The Bertz CT molecular complexity index is 811. The molecule has 0 saturated carbocycles. The summed E-state index contributed by atoms with van der Waals surface area (Å²) in [5.41, 5.74) is 2.04. The van der Waals surface area contributed by atoms with Crippen molar-refractivity contribution in [1.82, 2.24) is 24.6 Å². The van der Waals surface area contributed by atoms with Crippen LogP contribution >= 0.6 is 0 Å². The zero-order valence-electron chi connectivity index (χ0n) is 14.8. The molecule has 0 aromatic carbocycles. The third-order valence-electron chi connectivity index (χ3n) is 4.55. The van der Waals surface area contributed by atoms with Crippen LogP contribution in [0.3, 0.4) is 0 Å². The maximum absolute atomic E-state index is 13.1. The van der Waals surface area contributed by atoms with Crippen LogP contribution in [0.1, 0.15) is 42.9 Å². The summed E-state index contributed by atoms with van der Waals surface area (Å²) in [7, 11) is 1.77. The van der Waals surface area contributed by atoms with Gasteiger partial charge in [-0.2, -0.15) is 5.10 Å². The van der Waals surface area contributed by atoms with Gasteiger partial charge in [0.1, 0.15) is 6.04 Å². The molecule has 0 N–H and O–H groups in total. The molecule has 1 unspecified atom stereocenters. The summed E-state index contributed by atoms with van der Waals surface area (Å²) in [6.45, 7) is 8.78. The number of aromatic nitrogens is 3. The van der Waals surface area contributed by atoms with Crippen LogP contribution < -0.4 is 0 Å². The van der Waals surface area contributed by atoms with Crippen LogP contribution in [0.5, 0.6) is 0 Å². The van der Waals surface area contributed by atoms with Gasteiger partial charge in [-0.25, -0.2) is 9.67 Å². The topological polar surface area (TPSA) is 71.3 Å². The van der Waals surface area contributed by atoms with Crippen molar-refractivity contribution in [3.8, 4) is 0 Å². The zero-order chi connectivity index (χ0) is 17.6. The number of hydrogen-bond donors (Lipinski definition) is 0.